The van der Waals surface area contributed by atoms with Crippen molar-refractivity contribution < 1.29 is 40.8 Å². The van der Waals surface area contributed by atoms with E-state index in [-0.39, 0.29) is 35.0 Å². The summed E-state index contributed by atoms with van der Waals surface area (Å²) < 4.78 is 81.8. The van der Waals surface area contributed by atoms with Crippen molar-refractivity contribution in [1.29, 1.82) is 0 Å². The Labute approximate surface area is 382 Å². The van der Waals surface area contributed by atoms with Crippen LogP contribution >= 0.6 is 0 Å². The number of amides is 1. The number of piperidine rings is 1. The first-order valence-electron chi connectivity index (χ1n) is 22.3. The summed E-state index contributed by atoms with van der Waals surface area (Å²) in [6.45, 7) is 12.8. The molecular formula is C48H54F3N7O7S. The molecule has 3 aliphatic rings. The molecule has 2 N–H and O–H groups in total. The third-order valence-electron chi connectivity index (χ3n) is 13.0. The maximum absolute atomic E-state index is 13.9. The molecule has 2 aliphatic heterocycles. The average molecular weight is 930 g/mol. The lowest BCUT2D eigenvalue weighted by molar-refractivity contribution is -0.386. The van der Waals surface area contributed by atoms with Gasteiger partial charge in [0, 0.05) is 62.1 Å². The van der Waals surface area contributed by atoms with Crippen molar-refractivity contribution in [3.63, 3.8) is 0 Å². The highest BCUT2D eigenvalue weighted by molar-refractivity contribution is 7.90. The summed E-state index contributed by atoms with van der Waals surface area (Å²) in [5.41, 5.74) is 3.23. The molecule has 4 heterocycles. The number of nitro groups is 1. The van der Waals surface area contributed by atoms with Crippen molar-refractivity contribution >= 4 is 43.9 Å². The van der Waals surface area contributed by atoms with Crippen LogP contribution in [0.3, 0.4) is 0 Å². The largest absolute Gasteiger partial charge is 0.487 e. The molecule has 350 valence electrons. The summed E-state index contributed by atoms with van der Waals surface area (Å²) in [5, 5.41) is 12.9. The lowest BCUT2D eigenvalue weighted by atomic mass is 9.72. The Balaban J connectivity index is 0.989. The molecule has 1 amide bonds. The lowest BCUT2D eigenvalue weighted by Crippen LogP contribution is -2.47. The first-order chi connectivity index (χ1) is 31.4. The maximum Gasteiger partial charge on any atom is 0.416 e. The standard InChI is InChI=1S/C48H54F3N7O7S/c1-4-55-19-15-32(16-20-55)31-64-43-12-10-39(27-42(43)58(60)61)66(62,63)54-46(59)40-11-9-37(26-44(40)65-38-25-34-14-18-52-45(34)53-29-38)57-23-21-56(22-24-57)30-35-13-17-47(2,3)28-41(35)33-5-7-36(8-6-33)48(49,50)51/h5-12,14,18,25-27,29,32H,4,13,15-17,19-24,28,30-31H2,1-3H3,(H,52,53)(H,54,59). The van der Waals surface area contributed by atoms with Crippen molar-refractivity contribution in [2.24, 2.45) is 11.3 Å². The SMILES string of the molecule is CCN1CCC(COc2ccc(S(=O)(=O)NC(=O)c3ccc(N4CCN(CC5=C(c6ccc(C(F)(F)F)cc6)CC(C)(C)CC5)CC4)cc3Oc3cnc4[nH]ccc4c3)cc2[N+](=O)[O-])CC1. The van der Waals surface area contributed by atoms with Gasteiger partial charge in [-0.3, -0.25) is 19.8 Å². The van der Waals surface area contributed by atoms with Crippen molar-refractivity contribution in [3.05, 3.63) is 118 Å². The van der Waals surface area contributed by atoms with Crippen LogP contribution in [0.1, 0.15) is 74.4 Å². The second kappa shape index (κ2) is 19.1. The first-order valence-corrected chi connectivity index (χ1v) is 23.7. The summed E-state index contributed by atoms with van der Waals surface area (Å²) >= 11 is 0. The summed E-state index contributed by atoms with van der Waals surface area (Å²) in [6, 6.07) is 17.2. The van der Waals surface area contributed by atoms with Gasteiger partial charge in [-0.15, -0.1) is 0 Å². The normalized spacial score (nSPS) is 17.8. The number of piperazine rings is 1. The lowest BCUT2D eigenvalue weighted by Gasteiger charge is -2.39. The Morgan fingerprint density at radius 3 is 2.39 bits per heavy atom. The Morgan fingerprint density at radius 2 is 1.70 bits per heavy atom. The van der Waals surface area contributed by atoms with Gasteiger partial charge in [-0.25, -0.2) is 18.1 Å². The van der Waals surface area contributed by atoms with E-state index >= 15 is 0 Å². The van der Waals surface area contributed by atoms with Gasteiger partial charge in [-0.2, -0.15) is 13.2 Å². The number of halogens is 3. The van der Waals surface area contributed by atoms with E-state index in [1.165, 1.54) is 30.0 Å². The highest BCUT2D eigenvalue weighted by Gasteiger charge is 2.33. The number of likely N-dealkylation sites (tertiary alicyclic amines) is 1. The van der Waals surface area contributed by atoms with Crippen LogP contribution in [0, 0.1) is 21.4 Å². The van der Waals surface area contributed by atoms with E-state index in [1.54, 1.807) is 36.5 Å². The molecule has 0 atom stereocenters. The Morgan fingerprint density at radius 1 is 0.955 bits per heavy atom. The van der Waals surface area contributed by atoms with E-state index < -0.39 is 43.2 Å². The van der Waals surface area contributed by atoms with Gasteiger partial charge in [-0.1, -0.05) is 38.5 Å². The predicted octanol–water partition coefficient (Wildman–Crippen LogP) is 9.30. The zero-order chi connectivity index (χ0) is 46.8. The zero-order valence-electron chi connectivity index (χ0n) is 37.2. The van der Waals surface area contributed by atoms with Crippen LogP contribution in [0.15, 0.2) is 95.7 Å². The summed E-state index contributed by atoms with van der Waals surface area (Å²) in [4.78, 5) is 39.1. The van der Waals surface area contributed by atoms with Gasteiger partial charge in [0.2, 0.25) is 0 Å². The number of pyridine rings is 1. The second-order valence-electron chi connectivity index (χ2n) is 18.1. The number of benzene rings is 3. The number of rotatable bonds is 14. The average Bonchev–Trinajstić information content (AvgIpc) is 3.77. The zero-order valence-corrected chi connectivity index (χ0v) is 38.0. The van der Waals surface area contributed by atoms with Crippen LogP contribution < -0.4 is 19.1 Å². The van der Waals surface area contributed by atoms with Gasteiger partial charge in [0.05, 0.1) is 33.7 Å². The van der Waals surface area contributed by atoms with Gasteiger partial charge in [-0.05, 0) is 123 Å². The minimum atomic E-state index is -4.62. The molecule has 8 rings (SSSR count). The monoisotopic (exact) mass is 929 g/mol. The number of aromatic nitrogens is 2. The predicted molar refractivity (Wildman–Crippen MR) is 245 cm³/mol. The smallest absolute Gasteiger partial charge is 0.416 e. The number of nitrogens with one attached hydrogen (secondary N) is 2. The highest BCUT2D eigenvalue weighted by atomic mass is 32.2. The molecule has 18 heteroatoms. The van der Waals surface area contributed by atoms with Gasteiger partial charge in [0.1, 0.15) is 17.1 Å². The minimum absolute atomic E-state index is 0.0178. The molecule has 0 spiro atoms. The van der Waals surface area contributed by atoms with Crippen LogP contribution in [0.2, 0.25) is 0 Å². The van der Waals surface area contributed by atoms with Crippen LogP contribution in [-0.4, -0.2) is 98.0 Å². The number of hydrogen-bond donors (Lipinski definition) is 2. The number of carbonyl (C=O) groups excluding carboxylic acids is 1. The van der Waals surface area contributed by atoms with Crippen molar-refractivity contribution in [2.45, 2.75) is 63.9 Å². The molecule has 0 saturated carbocycles. The molecule has 5 aromatic rings. The molecular weight excluding hydrogens is 876 g/mol. The molecule has 0 unspecified atom stereocenters. The molecule has 0 radical (unpaired) electrons. The Hall–Kier alpha value is -5.98. The number of anilines is 1. The highest BCUT2D eigenvalue weighted by Crippen LogP contribution is 2.44. The molecule has 2 fully saturated rings. The molecule has 1 aliphatic carbocycles. The number of aromatic amines is 1. The topological polar surface area (TPSA) is 163 Å². The first kappa shape index (κ1) is 46.5. The summed E-state index contributed by atoms with van der Waals surface area (Å²) in [6.07, 6.45) is 3.18. The van der Waals surface area contributed by atoms with E-state index in [2.05, 4.69) is 50.2 Å². The molecule has 0 bridgehead atoms. The fourth-order valence-corrected chi connectivity index (χ4v) is 10.0. The number of ether oxygens (including phenoxy) is 2. The van der Waals surface area contributed by atoms with Crippen LogP contribution in [0.25, 0.3) is 16.6 Å². The van der Waals surface area contributed by atoms with Crippen LogP contribution in [0.5, 0.6) is 17.2 Å². The summed E-state index contributed by atoms with van der Waals surface area (Å²) in [5.74, 6) is -0.487. The van der Waals surface area contributed by atoms with Crippen molar-refractivity contribution in [3.8, 4) is 17.2 Å². The molecule has 2 saturated heterocycles. The van der Waals surface area contributed by atoms with Gasteiger partial charge in [0.15, 0.2) is 5.75 Å². The Kier molecular flexibility index (Phi) is 13.5. The van der Waals surface area contributed by atoms with E-state index in [4.69, 9.17) is 9.47 Å². The second-order valence-corrected chi connectivity index (χ2v) is 19.8. The third kappa shape index (κ3) is 10.8. The molecule has 66 heavy (non-hydrogen) atoms. The van der Waals surface area contributed by atoms with Gasteiger partial charge >= 0.3 is 11.9 Å². The molecule has 2 aromatic heterocycles. The van der Waals surface area contributed by atoms with Crippen molar-refractivity contribution in [2.75, 3.05) is 63.9 Å². The number of H-pyrrole nitrogens is 1. The number of sulfonamides is 1. The molecule has 3 aromatic carbocycles. The van der Waals surface area contributed by atoms with Crippen LogP contribution in [0.4, 0.5) is 24.5 Å². The number of hydrogen-bond acceptors (Lipinski definition) is 11. The third-order valence-corrected chi connectivity index (χ3v) is 14.3. The van der Waals surface area contributed by atoms with E-state index in [0.717, 1.165) is 92.1 Å². The van der Waals surface area contributed by atoms with Crippen molar-refractivity contribution in [1.82, 2.24) is 24.5 Å². The van der Waals surface area contributed by atoms with E-state index in [1.807, 2.05) is 6.07 Å². The Bertz CT molecular complexity index is 2720. The number of fused-ring (bicyclic) bond motifs is 1. The van der Waals surface area contributed by atoms with E-state index in [9.17, 15) is 36.5 Å². The minimum Gasteiger partial charge on any atom is -0.487 e. The number of nitro benzene ring substituents is 1. The maximum atomic E-state index is 13.9. The number of allylic oxidation sites excluding steroid dienone is 1. The summed E-state index contributed by atoms with van der Waals surface area (Å²) in [7, 11) is -4.62. The molecule has 14 nitrogen and oxygen atoms in total. The fraction of sp³-hybridized carbons (Fsp3) is 0.417. The number of carbonyl (C=O) groups is 1. The fourth-order valence-electron chi connectivity index (χ4n) is 9.03. The number of alkyl halides is 3. The van der Waals surface area contributed by atoms with Gasteiger partial charge in [0.25, 0.3) is 15.9 Å². The number of nitrogens with zero attached hydrogens (tertiary/aromatic N) is 5. The quantitative estimate of drug-likeness (QED) is 0.0806. The van der Waals surface area contributed by atoms with Crippen LogP contribution in [-0.2, 0) is 16.2 Å². The van der Waals surface area contributed by atoms with E-state index in [0.29, 0.717) is 44.1 Å². The van der Waals surface area contributed by atoms with Gasteiger partial charge < -0.3 is 24.3 Å².